The number of carbonyl (C=O) groups is 1. The average molecular weight is 387 g/mol. The summed E-state index contributed by atoms with van der Waals surface area (Å²) in [5, 5.41) is 20.6. The van der Waals surface area contributed by atoms with E-state index in [4.69, 9.17) is 4.74 Å². The zero-order valence-corrected chi connectivity index (χ0v) is 16.0. The largest absolute Gasteiger partial charge is 0.484 e. The van der Waals surface area contributed by atoms with Gasteiger partial charge in [0.1, 0.15) is 11.6 Å². The highest BCUT2D eigenvalue weighted by Crippen LogP contribution is 2.34. The summed E-state index contributed by atoms with van der Waals surface area (Å²) in [6.07, 6.45) is -0.0190. The predicted octanol–water partition coefficient (Wildman–Crippen LogP) is 2.33. The molecule has 1 aliphatic rings. The second-order valence-corrected chi connectivity index (χ2v) is 7.50. The molecule has 1 heterocycles. The third kappa shape index (κ3) is 4.51. The van der Waals surface area contributed by atoms with E-state index in [2.05, 4.69) is 0 Å². The molecule has 150 valence electrons. The van der Waals surface area contributed by atoms with Crippen molar-refractivity contribution in [2.24, 2.45) is 5.41 Å². The number of halogens is 1. The molecule has 1 saturated heterocycles. The van der Waals surface area contributed by atoms with E-state index in [1.165, 1.54) is 12.1 Å². The molecule has 2 N–H and O–H groups in total. The quantitative estimate of drug-likeness (QED) is 0.798. The van der Waals surface area contributed by atoms with Gasteiger partial charge < -0.3 is 19.8 Å². The first-order valence-corrected chi connectivity index (χ1v) is 9.43. The lowest BCUT2D eigenvalue weighted by Gasteiger charge is -2.45. The van der Waals surface area contributed by atoms with Crippen molar-refractivity contribution in [3.63, 3.8) is 0 Å². The van der Waals surface area contributed by atoms with Crippen LogP contribution in [0.2, 0.25) is 0 Å². The van der Waals surface area contributed by atoms with Crippen molar-refractivity contribution in [2.75, 3.05) is 26.3 Å². The van der Waals surface area contributed by atoms with Crippen LogP contribution < -0.4 is 4.74 Å². The third-order valence-corrected chi connectivity index (χ3v) is 5.47. The van der Waals surface area contributed by atoms with Crippen LogP contribution in [0.15, 0.2) is 48.5 Å². The first-order valence-electron chi connectivity index (χ1n) is 9.43. The molecule has 1 amide bonds. The fourth-order valence-corrected chi connectivity index (χ4v) is 3.70. The number of amides is 1. The van der Waals surface area contributed by atoms with Crippen LogP contribution in [0.1, 0.15) is 17.5 Å². The molecule has 1 aliphatic heterocycles. The van der Waals surface area contributed by atoms with Crippen molar-refractivity contribution in [1.29, 1.82) is 0 Å². The Morgan fingerprint density at radius 3 is 2.64 bits per heavy atom. The number of likely N-dealkylation sites (tertiary alicyclic amines) is 1. The van der Waals surface area contributed by atoms with Gasteiger partial charge in [0.25, 0.3) is 5.91 Å². The number of ether oxygens (including phenoxy) is 1. The molecule has 0 radical (unpaired) electrons. The highest BCUT2D eigenvalue weighted by molar-refractivity contribution is 5.78. The number of benzene rings is 2. The Balaban J connectivity index is 1.68. The first-order chi connectivity index (χ1) is 13.4. The fourth-order valence-electron chi connectivity index (χ4n) is 3.70. The summed E-state index contributed by atoms with van der Waals surface area (Å²) in [5.74, 6) is 0.135. The molecule has 2 aromatic rings. The van der Waals surface area contributed by atoms with Gasteiger partial charge in [0.15, 0.2) is 6.61 Å². The number of aliphatic hydroxyl groups excluding tert-OH is 2. The van der Waals surface area contributed by atoms with Crippen LogP contribution in [0.4, 0.5) is 4.39 Å². The monoisotopic (exact) mass is 387 g/mol. The van der Waals surface area contributed by atoms with Crippen molar-refractivity contribution >= 4 is 5.91 Å². The molecule has 2 aromatic carbocycles. The number of aliphatic hydroxyl groups is 2. The summed E-state index contributed by atoms with van der Waals surface area (Å²) in [6.45, 7) is 2.17. The number of hydrogen-bond acceptors (Lipinski definition) is 4. The van der Waals surface area contributed by atoms with Gasteiger partial charge in [0.05, 0.1) is 12.7 Å². The Kier molecular flexibility index (Phi) is 6.31. The van der Waals surface area contributed by atoms with Crippen LogP contribution in [0, 0.1) is 18.2 Å². The summed E-state index contributed by atoms with van der Waals surface area (Å²) in [6, 6.07) is 13.5. The second-order valence-electron chi connectivity index (χ2n) is 7.50. The van der Waals surface area contributed by atoms with Gasteiger partial charge >= 0.3 is 0 Å². The van der Waals surface area contributed by atoms with E-state index in [0.29, 0.717) is 25.1 Å². The van der Waals surface area contributed by atoms with Gasteiger partial charge in [0.2, 0.25) is 0 Å². The summed E-state index contributed by atoms with van der Waals surface area (Å²) in [5.41, 5.74) is 0.874. The molecule has 0 saturated carbocycles. The summed E-state index contributed by atoms with van der Waals surface area (Å²) in [7, 11) is 0. The highest BCUT2D eigenvalue weighted by Gasteiger charge is 2.43. The van der Waals surface area contributed by atoms with E-state index >= 15 is 0 Å². The Labute approximate surface area is 164 Å². The zero-order valence-electron chi connectivity index (χ0n) is 16.0. The molecule has 0 unspecified atom stereocenters. The van der Waals surface area contributed by atoms with Crippen molar-refractivity contribution in [3.05, 3.63) is 65.5 Å². The van der Waals surface area contributed by atoms with E-state index in [9.17, 15) is 19.4 Å². The van der Waals surface area contributed by atoms with Gasteiger partial charge in [0, 0.05) is 18.5 Å². The van der Waals surface area contributed by atoms with Gasteiger partial charge in [-0.05, 0) is 49.1 Å². The molecule has 0 spiro atoms. The lowest BCUT2D eigenvalue weighted by atomic mass is 9.73. The molecular formula is C22H26FNO4. The van der Waals surface area contributed by atoms with E-state index < -0.39 is 11.5 Å². The lowest BCUT2D eigenvalue weighted by Crippen LogP contribution is -2.57. The number of piperidine rings is 1. The standard InChI is InChI=1S/C22H26FNO4/c1-16-4-2-3-5-19(16)28-13-21(27)24-11-10-20(26)22(14-24,15-25)12-17-6-8-18(23)9-7-17/h2-9,20,25-26H,10-15H2,1H3/t20-,22-/m0/s1. The van der Waals surface area contributed by atoms with Crippen molar-refractivity contribution in [1.82, 2.24) is 4.90 Å². The van der Waals surface area contributed by atoms with E-state index in [-0.39, 0.29) is 31.5 Å². The van der Waals surface area contributed by atoms with Crippen LogP contribution in [0.3, 0.4) is 0 Å². The van der Waals surface area contributed by atoms with Gasteiger partial charge in [-0.3, -0.25) is 4.79 Å². The number of rotatable bonds is 6. The smallest absolute Gasteiger partial charge is 0.260 e. The molecule has 0 aliphatic carbocycles. The van der Waals surface area contributed by atoms with Gasteiger partial charge in [-0.1, -0.05) is 30.3 Å². The minimum Gasteiger partial charge on any atom is -0.484 e. The number of carbonyl (C=O) groups excluding carboxylic acids is 1. The van der Waals surface area contributed by atoms with Crippen LogP contribution in [-0.2, 0) is 11.2 Å². The van der Waals surface area contributed by atoms with Crippen LogP contribution in [0.5, 0.6) is 5.75 Å². The van der Waals surface area contributed by atoms with E-state index in [1.807, 2.05) is 31.2 Å². The number of para-hydroxylation sites is 1. The Morgan fingerprint density at radius 2 is 1.96 bits per heavy atom. The SMILES string of the molecule is Cc1ccccc1OCC(=O)N1CC[C@H](O)[C@@](CO)(Cc2ccc(F)cc2)C1. The van der Waals surface area contributed by atoms with Crippen LogP contribution in [-0.4, -0.2) is 53.4 Å². The first kappa shape index (κ1) is 20.3. The minimum absolute atomic E-state index is 0.0982. The maximum Gasteiger partial charge on any atom is 0.260 e. The van der Waals surface area contributed by atoms with Crippen LogP contribution in [0.25, 0.3) is 0 Å². The molecule has 5 nitrogen and oxygen atoms in total. The van der Waals surface area contributed by atoms with E-state index in [1.54, 1.807) is 17.0 Å². The zero-order chi connectivity index (χ0) is 20.1. The summed E-state index contributed by atoms with van der Waals surface area (Å²) in [4.78, 5) is 14.3. The average Bonchev–Trinajstić information content (AvgIpc) is 2.70. The van der Waals surface area contributed by atoms with E-state index in [0.717, 1.165) is 11.1 Å². The summed E-state index contributed by atoms with van der Waals surface area (Å²) >= 11 is 0. The summed E-state index contributed by atoms with van der Waals surface area (Å²) < 4.78 is 18.8. The molecule has 28 heavy (non-hydrogen) atoms. The Bertz CT molecular complexity index is 810. The highest BCUT2D eigenvalue weighted by atomic mass is 19.1. The maximum atomic E-state index is 13.2. The van der Waals surface area contributed by atoms with Crippen molar-refractivity contribution < 1.29 is 24.1 Å². The van der Waals surface area contributed by atoms with Crippen molar-refractivity contribution in [2.45, 2.75) is 25.9 Å². The molecule has 1 fully saturated rings. The third-order valence-electron chi connectivity index (χ3n) is 5.47. The Hall–Kier alpha value is -2.44. The number of hydrogen-bond donors (Lipinski definition) is 2. The van der Waals surface area contributed by atoms with Gasteiger partial charge in [-0.15, -0.1) is 0 Å². The number of nitrogens with zero attached hydrogens (tertiary/aromatic N) is 1. The fraction of sp³-hybridized carbons (Fsp3) is 0.409. The van der Waals surface area contributed by atoms with Crippen molar-refractivity contribution in [3.8, 4) is 5.75 Å². The molecule has 2 atom stereocenters. The predicted molar refractivity (Wildman–Crippen MR) is 104 cm³/mol. The lowest BCUT2D eigenvalue weighted by molar-refractivity contribution is -0.143. The second kappa shape index (κ2) is 8.71. The molecule has 0 bridgehead atoms. The minimum atomic E-state index is -0.881. The maximum absolute atomic E-state index is 13.2. The topological polar surface area (TPSA) is 70.0 Å². The molecule has 0 aromatic heterocycles. The Morgan fingerprint density at radius 1 is 1.25 bits per heavy atom. The molecule has 6 heteroatoms. The van der Waals surface area contributed by atoms with Gasteiger partial charge in [-0.25, -0.2) is 4.39 Å². The molecular weight excluding hydrogens is 361 g/mol. The number of aryl methyl sites for hydroxylation is 1. The molecule has 3 rings (SSSR count). The van der Waals surface area contributed by atoms with Crippen LogP contribution >= 0.6 is 0 Å². The van der Waals surface area contributed by atoms with Gasteiger partial charge in [-0.2, -0.15) is 0 Å². The normalized spacial score (nSPS) is 22.1.